The van der Waals surface area contributed by atoms with Gasteiger partial charge in [0.1, 0.15) is 17.3 Å². The maximum atomic E-state index is 12.1. The summed E-state index contributed by atoms with van der Waals surface area (Å²) < 4.78 is 11.3. The third-order valence-electron chi connectivity index (χ3n) is 2.61. The van der Waals surface area contributed by atoms with Crippen molar-refractivity contribution < 1.29 is 14.3 Å². The molecule has 2 rings (SSSR count). The topological polar surface area (TPSA) is 95.3 Å². The van der Waals surface area contributed by atoms with Crippen LogP contribution < -0.4 is 15.5 Å². The second-order valence-electron chi connectivity index (χ2n) is 4.09. The number of methoxy groups -OCH3 is 2. The summed E-state index contributed by atoms with van der Waals surface area (Å²) in [6.45, 7) is 0.328. The molecule has 8 nitrogen and oxygen atoms in total. The average Bonchev–Trinajstić information content (AvgIpc) is 2.88. The second-order valence-corrected chi connectivity index (χ2v) is 5.15. The Balaban J connectivity index is 2.20. The van der Waals surface area contributed by atoms with Gasteiger partial charge in [-0.2, -0.15) is 0 Å². The van der Waals surface area contributed by atoms with Crippen LogP contribution in [-0.2, 0) is 18.4 Å². The lowest BCUT2D eigenvalue weighted by Crippen LogP contribution is -2.21. The molecule has 2 aromatic heterocycles. The van der Waals surface area contributed by atoms with E-state index in [2.05, 4.69) is 15.5 Å². The fraction of sp³-hybridized carbons (Fsp3) is 0.333. The van der Waals surface area contributed by atoms with Crippen LogP contribution in [0.3, 0.4) is 0 Å². The molecule has 0 saturated heterocycles. The molecular formula is C12H14N4O4S. The Morgan fingerprint density at radius 3 is 2.86 bits per heavy atom. The highest BCUT2D eigenvalue weighted by Crippen LogP contribution is 2.16. The molecule has 1 amide bonds. The SMILES string of the molecule is COCc1nnc(NC(=O)c2cc(=O)c(OC)cn2C)s1. The first-order valence-electron chi connectivity index (χ1n) is 5.92. The molecule has 2 aromatic rings. The summed E-state index contributed by atoms with van der Waals surface area (Å²) in [5.74, 6) is -0.273. The van der Waals surface area contributed by atoms with Crippen molar-refractivity contribution in [3.63, 3.8) is 0 Å². The molecule has 0 saturated carbocycles. The zero-order chi connectivity index (χ0) is 15.4. The number of ether oxygens (including phenoxy) is 2. The van der Waals surface area contributed by atoms with Gasteiger partial charge in [0.15, 0.2) is 5.75 Å². The summed E-state index contributed by atoms with van der Waals surface area (Å²) in [5.41, 5.74) is -0.164. The first-order valence-corrected chi connectivity index (χ1v) is 6.74. The number of rotatable bonds is 5. The van der Waals surface area contributed by atoms with E-state index in [1.807, 2.05) is 0 Å². The van der Waals surface area contributed by atoms with E-state index in [0.29, 0.717) is 16.7 Å². The molecule has 9 heteroatoms. The summed E-state index contributed by atoms with van der Waals surface area (Å²) in [7, 11) is 4.59. The minimum atomic E-state index is -0.447. The van der Waals surface area contributed by atoms with E-state index >= 15 is 0 Å². The van der Waals surface area contributed by atoms with Crippen molar-refractivity contribution in [2.24, 2.45) is 7.05 Å². The summed E-state index contributed by atoms with van der Waals surface area (Å²) in [4.78, 5) is 23.9. The Hall–Kier alpha value is -2.26. The molecule has 0 aliphatic carbocycles. The quantitative estimate of drug-likeness (QED) is 0.871. The van der Waals surface area contributed by atoms with Gasteiger partial charge in [-0.25, -0.2) is 0 Å². The fourth-order valence-corrected chi connectivity index (χ4v) is 2.34. The smallest absolute Gasteiger partial charge is 0.274 e. The van der Waals surface area contributed by atoms with Crippen molar-refractivity contribution in [2.75, 3.05) is 19.5 Å². The molecule has 112 valence electrons. The molecule has 0 radical (unpaired) electrons. The molecule has 0 fully saturated rings. The second kappa shape index (κ2) is 6.46. The molecule has 1 N–H and O–H groups in total. The van der Waals surface area contributed by atoms with E-state index in [-0.39, 0.29) is 16.9 Å². The predicted molar refractivity (Wildman–Crippen MR) is 76.8 cm³/mol. The predicted octanol–water partition coefficient (Wildman–Crippen LogP) is 0.644. The Labute approximate surface area is 124 Å². The molecule has 0 atom stereocenters. The van der Waals surface area contributed by atoms with Crippen molar-refractivity contribution >= 4 is 22.4 Å². The van der Waals surface area contributed by atoms with E-state index in [1.165, 1.54) is 35.3 Å². The first-order chi connectivity index (χ1) is 10.0. The van der Waals surface area contributed by atoms with Crippen LogP contribution in [0.4, 0.5) is 5.13 Å². The van der Waals surface area contributed by atoms with Crippen LogP contribution in [-0.4, -0.2) is 34.9 Å². The molecule has 0 unspecified atom stereocenters. The standard InChI is InChI=1S/C12H14N4O4S/c1-16-5-9(20-3)8(17)4-7(16)11(18)13-12-15-14-10(21-12)6-19-2/h4-5H,6H2,1-3H3,(H,13,15,18). The maximum absolute atomic E-state index is 12.1. The normalized spacial score (nSPS) is 10.4. The highest BCUT2D eigenvalue weighted by Gasteiger charge is 2.14. The maximum Gasteiger partial charge on any atom is 0.274 e. The van der Waals surface area contributed by atoms with Crippen molar-refractivity contribution in [3.8, 4) is 5.75 Å². The lowest BCUT2D eigenvalue weighted by molar-refractivity contribution is 0.101. The number of aryl methyl sites for hydroxylation is 1. The first kappa shape index (κ1) is 15.1. The molecule has 0 aliphatic heterocycles. The van der Waals surface area contributed by atoms with Gasteiger partial charge in [-0.3, -0.25) is 14.9 Å². The molecule has 0 bridgehead atoms. The fourth-order valence-electron chi connectivity index (χ4n) is 1.63. The number of carbonyl (C=O) groups is 1. The van der Waals surface area contributed by atoms with Crippen molar-refractivity contribution in [1.82, 2.24) is 14.8 Å². The summed E-state index contributed by atoms with van der Waals surface area (Å²) in [6.07, 6.45) is 1.45. The van der Waals surface area contributed by atoms with E-state index in [9.17, 15) is 9.59 Å². The number of aromatic nitrogens is 3. The Kier molecular flexibility index (Phi) is 4.66. The summed E-state index contributed by atoms with van der Waals surface area (Å²) >= 11 is 1.21. The van der Waals surface area contributed by atoms with Gasteiger partial charge in [0.25, 0.3) is 5.91 Å². The van der Waals surface area contributed by atoms with Crippen molar-refractivity contribution in [3.05, 3.63) is 33.2 Å². The lowest BCUT2D eigenvalue weighted by atomic mass is 10.3. The van der Waals surface area contributed by atoms with Crippen LogP contribution in [0.2, 0.25) is 0 Å². The van der Waals surface area contributed by atoms with Crippen molar-refractivity contribution in [1.29, 1.82) is 0 Å². The van der Waals surface area contributed by atoms with Crippen LogP contribution in [0.15, 0.2) is 17.1 Å². The van der Waals surface area contributed by atoms with Gasteiger partial charge >= 0.3 is 0 Å². The minimum Gasteiger partial charge on any atom is -0.491 e. The molecular weight excluding hydrogens is 296 g/mol. The van der Waals surface area contributed by atoms with Gasteiger partial charge in [0.05, 0.1) is 13.3 Å². The van der Waals surface area contributed by atoms with E-state index in [0.717, 1.165) is 0 Å². The van der Waals surface area contributed by atoms with Crippen molar-refractivity contribution in [2.45, 2.75) is 6.61 Å². The third-order valence-corrected chi connectivity index (χ3v) is 3.42. The van der Waals surface area contributed by atoms with Gasteiger partial charge in [-0.05, 0) is 0 Å². The third kappa shape index (κ3) is 3.44. The zero-order valence-electron chi connectivity index (χ0n) is 11.7. The van der Waals surface area contributed by atoms with Crippen LogP contribution in [0.5, 0.6) is 5.75 Å². The minimum absolute atomic E-state index is 0.173. The average molecular weight is 310 g/mol. The Morgan fingerprint density at radius 1 is 1.43 bits per heavy atom. The lowest BCUT2D eigenvalue weighted by Gasteiger charge is -2.09. The Bertz CT molecular complexity index is 710. The van der Waals surface area contributed by atoms with Crippen LogP contribution in [0.1, 0.15) is 15.5 Å². The van der Waals surface area contributed by atoms with Crippen LogP contribution >= 0.6 is 11.3 Å². The van der Waals surface area contributed by atoms with E-state index in [4.69, 9.17) is 9.47 Å². The van der Waals surface area contributed by atoms with Crippen LogP contribution in [0.25, 0.3) is 0 Å². The molecule has 0 aromatic carbocycles. The number of carbonyl (C=O) groups excluding carboxylic acids is 1. The van der Waals surface area contributed by atoms with E-state index in [1.54, 1.807) is 14.2 Å². The highest BCUT2D eigenvalue weighted by atomic mass is 32.1. The zero-order valence-corrected chi connectivity index (χ0v) is 12.6. The summed E-state index contributed by atoms with van der Waals surface area (Å²) in [6, 6.07) is 1.21. The van der Waals surface area contributed by atoms with Gasteiger partial charge in [0, 0.05) is 20.2 Å². The Morgan fingerprint density at radius 2 is 2.19 bits per heavy atom. The number of anilines is 1. The molecule has 2 heterocycles. The number of amides is 1. The monoisotopic (exact) mass is 310 g/mol. The van der Waals surface area contributed by atoms with Gasteiger partial charge in [-0.15, -0.1) is 10.2 Å². The van der Waals surface area contributed by atoms with Crippen LogP contribution in [0, 0.1) is 0 Å². The number of pyridine rings is 1. The van der Waals surface area contributed by atoms with Gasteiger partial charge < -0.3 is 14.0 Å². The number of nitrogens with one attached hydrogen (secondary N) is 1. The largest absolute Gasteiger partial charge is 0.491 e. The number of nitrogens with zero attached hydrogens (tertiary/aromatic N) is 3. The molecule has 21 heavy (non-hydrogen) atoms. The summed E-state index contributed by atoms with van der Waals surface area (Å²) in [5, 5.41) is 11.3. The number of hydrogen-bond acceptors (Lipinski definition) is 7. The van der Waals surface area contributed by atoms with Gasteiger partial charge in [0.2, 0.25) is 10.6 Å². The molecule has 0 spiro atoms. The van der Waals surface area contributed by atoms with Gasteiger partial charge in [-0.1, -0.05) is 11.3 Å². The van der Waals surface area contributed by atoms with E-state index < -0.39 is 5.91 Å². The molecule has 0 aliphatic rings. The highest BCUT2D eigenvalue weighted by molar-refractivity contribution is 7.15. The number of hydrogen-bond donors (Lipinski definition) is 1.